The molecule has 0 saturated carbocycles. The van der Waals surface area contributed by atoms with Crippen molar-refractivity contribution in [3.63, 3.8) is 0 Å². The van der Waals surface area contributed by atoms with Gasteiger partial charge in [-0.05, 0) is 26.0 Å². The van der Waals surface area contributed by atoms with Gasteiger partial charge < -0.3 is 4.74 Å². The van der Waals surface area contributed by atoms with Crippen molar-refractivity contribution in [3.8, 4) is 16.3 Å². The standard InChI is InChI=1S/C24H22N4O3S2/c1-15-8-10-19(11-9-15)31-13-21-26-18(14-32-21)12-20(29)27-28-23(30)22-16(2)25-24(33-22)17-6-4-3-5-7-17/h3-11,14H,12-13H2,1-2H3,(H,27,29)(H,28,30). The maximum Gasteiger partial charge on any atom is 0.281 e. The van der Waals surface area contributed by atoms with Gasteiger partial charge in [-0.2, -0.15) is 0 Å². The Balaban J connectivity index is 1.27. The van der Waals surface area contributed by atoms with Crippen molar-refractivity contribution in [1.29, 1.82) is 0 Å². The fraction of sp³-hybridized carbons (Fsp3) is 0.167. The van der Waals surface area contributed by atoms with Gasteiger partial charge in [0.2, 0.25) is 5.91 Å². The molecule has 0 radical (unpaired) electrons. The topological polar surface area (TPSA) is 93.2 Å². The van der Waals surface area contributed by atoms with E-state index in [9.17, 15) is 9.59 Å². The first kappa shape index (κ1) is 22.6. The minimum Gasteiger partial charge on any atom is -0.486 e. The highest BCUT2D eigenvalue weighted by Crippen LogP contribution is 2.27. The summed E-state index contributed by atoms with van der Waals surface area (Å²) in [4.78, 5) is 34.2. The molecule has 0 aliphatic carbocycles. The summed E-state index contributed by atoms with van der Waals surface area (Å²) in [6.45, 7) is 4.13. The second-order valence-corrected chi connectivity index (χ2v) is 9.25. The fourth-order valence-electron chi connectivity index (χ4n) is 2.98. The zero-order valence-electron chi connectivity index (χ0n) is 18.1. The van der Waals surface area contributed by atoms with Crippen LogP contribution in [0.4, 0.5) is 0 Å². The summed E-state index contributed by atoms with van der Waals surface area (Å²) >= 11 is 2.71. The predicted octanol–water partition coefficient (Wildman–Crippen LogP) is 4.47. The number of nitrogens with one attached hydrogen (secondary N) is 2. The van der Waals surface area contributed by atoms with E-state index < -0.39 is 5.91 Å². The second kappa shape index (κ2) is 10.4. The molecule has 2 N–H and O–H groups in total. The minimum atomic E-state index is -0.397. The lowest BCUT2D eigenvalue weighted by atomic mass is 10.2. The van der Waals surface area contributed by atoms with Crippen molar-refractivity contribution >= 4 is 34.5 Å². The van der Waals surface area contributed by atoms with Crippen LogP contribution >= 0.6 is 22.7 Å². The van der Waals surface area contributed by atoms with Crippen LogP contribution < -0.4 is 15.6 Å². The number of thiazole rings is 2. The van der Waals surface area contributed by atoms with Crippen molar-refractivity contribution in [2.24, 2.45) is 0 Å². The van der Waals surface area contributed by atoms with Crippen LogP contribution in [0.3, 0.4) is 0 Å². The molecule has 0 saturated heterocycles. The average Bonchev–Trinajstić information content (AvgIpc) is 3.44. The van der Waals surface area contributed by atoms with Crippen LogP contribution in [0.5, 0.6) is 5.75 Å². The number of hydrogen-bond donors (Lipinski definition) is 2. The summed E-state index contributed by atoms with van der Waals surface area (Å²) < 4.78 is 5.72. The van der Waals surface area contributed by atoms with Crippen molar-refractivity contribution in [2.45, 2.75) is 26.9 Å². The highest BCUT2D eigenvalue weighted by atomic mass is 32.1. The Bertz CT molecular complexity index is 1250. The number of carbonyl (C=O) groups is 2. The van der Waals surface area contributed by atoms with Gasteiger partial charge in [0, 0.05) is 10.9 Å². The van der Waals surface area contributed by atoms with E-state index in [4.69, 9.17) is 4.74 Å². The molecule has 2 amide bonds. The number of hydrogen-bond acceptors (Lipinski definition) is 7. The van der Waals surface area contributed by atoms with E-state index in [0.717, 1.165) is 21.3 Å². The van der Waals surface area contributed by atoms with Gasteiger partial charge in [0.1, 0.15) is 27.2 Å². The molecule has 2 aromatic heterocycles. The van der Waals surface area contributed by atoms with E-state index in [1.54, 1.807) is 6.92 Å². The van der Waals surface area contributed by atoms with Gasteiger partial charge in [0.15, 0.2) is 0 Å². The molecule has 2 aromatic carbocycles. The van der Waals surface area contributed by atoms with Crippen LogP contribution in [-0.2, 0) is 17.8 Å². The monoisotopic (exact) mass is 478 g/mol. The molecule has 7 nitrogen and oxygen atoms in total. The molecule has 0 atom stereocenters. The third kappa shape index (κ3) is 6.03. The van der Waals surface area contributed by atoms with Gasteiger partial charge in [0.05, 0.1) is 17.8 Å². The van der Waals surface area contributed by atoms with Crippen LogP contribution in [0, 0.1) is 13.8 Å². The smallest absolute Gasteiger partial charge is 0.281 e. The number of hydrazine groups is 1. The molecule has 0 fully saturated rings. The van der Waals surface area contributed by atoms with Crippen molar-refractivity contribution in [1.82, 2.24) is 20.8 Å². The number of amides is 2. The van der Waals surface area contributed by atoms with Crippen LogP contribution in [0.25, 0.3) is 10.6 Å². The van der Waals surface area contributed by atoms with Crippen LogP contribution in [0.15, 0.2) is 60.0 Å². The Labute approximate surface area is 199 Å². The molecular formula is C24H22N4O3S2. The van der Waals surface area contributed by atoms with Gasteiger partial charge in [0.25, 0.3) is 5.91 Å². The number of rotatable bonds is 7. The van der Waals surface area contributed by atoms with E-state index in [0.29, 0.717) is 22.9 Å². The molecule has 4 aromatic rings. The van der Waals surface area contributed by atoms with E-state index in [1.165, 1.54) is 28.2 Å². The van der Waals surface area contributed by atoms with E-state index in [2.05, 4.69) is 20.8 Å². The zero-order chi connectivity index (χ0) is 23.2. The van der Waals surface area contributed by atoms with Crippen LogP contribution in [-0.4, -0.2) is 21.8 Å². The van der Waals surface area contributed by atoms with E-state index in [1.807, 2.05) is 66.9 Å². The number of carbonyl (C=O) groups excluding carboxylic acids is 2. The normalized spacial score (nSPS) is 10.6. The summed E-state index contributed by atoms with van der Waals surface area (Å²) in [6, 6.07) is 17.4. The third-order valence-electron chi connectivity index (χ3n) is 4.66. The first-order valence-electron chi connectivity index (χ1n) is 10.2. The molecule has 4 rings (SSSR count). The molecule has 33 heavy (non-hydrogen) atoms. The van der Waals surface area contributed by atoms with E-state index >= 15 is 0 Å². The van der Waals surface area contributed by atoms with Crippen molar-refractivity contribution in [2.75, 3.05) is 0 Å². The molecule has 0 aliphatic rings. The zero-order valence-corrected chi connectivity index (χ0v) is 19.8. The molecule has 2 heterocycles. The summed E-state index contributed by atoms with van der Waals surface area (Å²) in [7, 11) is 0. The average molecular weight is 479 g/mol. The fourth-order valence-corrected chi connectivity index (χ4v) is 4.65. The van der Waals surface area contributed by atoms with Gasteiger partial charge in [-0.3, -0.25) is 20.4 Å². The predicted molar refractivity (Wildman–Crippen MR) is 129 cm³/mol. The summed E-state index contributed by atoms with van der Waals surface area (Å²) in [6.07, 6.45) is 0.0538. The Kier molecular flexibility index (Phi) is 7.11. The second-order valence-electron chi connectivity index (χ2n) is 7.31. The third-order valence-corrected chi connectivity index (χ3v) is 6.74. The largest absolute Gasteiger partial charge is 0.486 e. The highest BCUT2D eigenvalue weighted by Gasteiger charge is 2.17. The quantitative estimate of drug-likeness (QED) is 0.383. The minimum absolute atomic E-state index is 0.0538. The number of ether oxygens (including phenoxy) is 1. The summed E-state index contributed by atoms with van der Waals surface area (Å²) in [5, 5.41) is 3.35. The maximum atomic E-state index is 12.5. The van der Waals surface area contributed by atoms with Crippen LogP contribution in [0.2, 0.25) is 0 Å². The Morgan fingerprint density at radius 2 is 1.73 bits per heavy atom. The summed E-state index contributed by atoms with van der Waals surface area (Å²) in [5.41, 5.74) is 8.26. The Morgan fingerprint density at radius 1 is 0.970 bits per heavy atom. The molecule has 168 valence electrons. The Morgan fingerprint density at radius 3 is 2.48 bits per heavy atom. The number of aryl methyl sites for hydroxylation is 2. The van der Waals surface area contributed by atoms with Crippen molar-refractivity contribution < 1.29 is 14.3 Å². The van der Waals surface area contributed by atoms with Gasteiger partial charge in [-0.15, -0.1) is 22.7 Å². The first-order chi connectivity index (χ1) is 16.0. The molecular weight excluding hydrogens is 456 g/mol. The SMILES string of the molecule is Cc1ccc(OCc2nc(CC(=O)NNC(=O)c3sc(-c4ccccc4)nc3C)cs2)cc1. The first-order valence-corrected chi connectivity index (χ1v) is 11.9. The molecule has 9 heteroatoms. The molecule has 0 bridgehead atoms. The summed E-state index contributed by atoms with van der Waals surface area (Å²) in [5.74, 6) is 0.0164. The highest BCUT2D eigenvalue weighted by molar-refractivity contribution is 7.17. The lowest BCUT2D eigenvalue weighted by Crippen LogP contribution is -2.42. The number of nitrogens with zero attached hydrogens (tertiary/aromatic N) is 2. The lowest BCUT2D eigenvalue weighted by molar-refractivity contribution is -0.121. The van der Waals surface area contributed by atoms with Crippen LogP contribution in [0.1, 0.15) is 31.6 Å². The van der Waals surface area contributed by atoms with Gasteiger partial charge in [-0.25, -0.2) is 9.97 Å². The van der Waals surface area contributed by atoms with E-state index in [-0.39, 0.29) is 12.3 Å². The Hall–Kier alpha value is -3.56. The molecule has 0 unspecified atom stereocenters. The van der Waals surface area contributed by atoms with Gasteiger partial charge >= 0.3 is 0 Å². The number of benzene rings is 2. The maximum absolute atomic E-state index is 12.5. The van der Waals surface area contributed by atoms with Gasteiger partial charge in [-0.1, -0.05) is 48.0 Å². The lowest BCUT2D eigenvalue weighted by Gasteiger charge is -2.05. The molecule has 0 spiro atoms. The number of aromatic nitrogens is 2. The molecule has 0 aliphatic heterocycles. The van der Waals surface area contributed by atoms with Crippen molar-refractivity contribution in [3.05, 3.63) is 86.8 Å².